The molecule has 0 radical (unpaired) electrons. The lowest BCUT2D eigenvalue weighted by molar-refractivity contribution is -0.384. The minimum atomic E-state index is -0.760. The number of nitro groups is 1. The van der Waals surface area contributed by atoms with Crippen molar-refractivity contribution in [3.8, 4) is 0 Å². The molecule has 0 saturated heterocycles. The molecule has 2 amide bonds. The van der Waals surface area contributed by atoms with Crippen LogP contribution in [0.15, 0.2) is 47.8 Å². The number of rotatable bonds is 6. The van der Waals surface area contributed by atoms with E-state index < -0.39 is 22.5 Å². The topological polar surface area (TPSA) is 119 Å². The summed E-state index contributed by atoms with van der Waals surface area (Å²) < 4.78 is 4.92. The van der Waals surface area contributed by atoms with Gasteiger partial charge in [0.25, 0.3) is 17.5 Å². The van der Waals surface area contributed by atoms with Crippen LogP contribution in [-0.4, -0.2) is 40.8 Å². The molecule has 180 valence electrons. The number of nitrogens with one attached hydrogen (secondary N) is 1. The van der Waals surface area contributed by atoms with Gasteiger partial charge in [-0.25, -0.2) is 4.79 Å². The lowest BCUT2D eigenvalue weighted by Crippen LogP contribution is -2.35. The van der Waals surface area contributed by atoms with Gasteiger partial charge in [-0.05, 0) is 61.0 Å². The summed E-state index contributed by atoms with van der Waals surface area (Å²) in [6, 6.07) is 10.5. The largest absolute Gasteiger partial charge is 0.462 e. The van der Waals surface area contributed by atoms with Crippen LogP contribution in [0.4, 0.5) is 11.4 Å². The Kier molecular flexibility index (Phi) is 6.92. The van der Waals surface area contributed by atoms with E-state index in [1.165, 1.54) is 10.9 Å². The van der Waals surface area contributed by atoms with Crippen LogP contribution in [-0.2, 0) is 17.7 Å². The zero-order valence-electron chi connectivity index (χ0n) is 19.2. The quantitative estimate of drug-likeness (QED) is 0.305. The van der Waals surface area contributed by atoms with Crippen LogP contribution in [0.3, 0.4) is 0 Å². The number of carbonyl (C=O) groups excluding carboxylic acids is 3. The Bertz CT molecular complexity index is 1330. The summed E-state index contributed by atoms with van der Waals surface area (Å²) in [5, 5.41) is 16.1. The summed E-state index contributed by atoms with van der Waals surface area (Å²) >= 11 is 1.70. The van der Waals surface area contributed by atoms with Crippen molar-refractivity contribution in [2.24, 2.45) is 0 Å². The van der Waals surface area contributed by atoms with Gasteiger partial charge >= 0.3 is 5.97 Å². The van der Waals surface area contributed by atoms with Crippen molar-refractivity contribution in [3.63, 3.8) is 0 Å². The van der Waals surface area contributed by atoms with Crippen LogP contribution in [0.25, 0.3) is 0 Å². The van der Waals surface area contributed by atoms with Gasteiger partial charge in [-0.3, -0.25) is 19.7 Å². The number of amides is 2. The molecule has 1 aliphatic heterocycles. The highest BCUT2D eigenvalue weighted by atomic mass is 32.1. The smallest absolute Gasteiger partial charge is 0.338 e. The van der Waals surface area contributed by atoms with Crippen molar-refractivity contribution in [2.45, 2.75) is 26.8 Å². The second-order valence-corrected chi connectivity index (χ2v) is 9.02. The number of ether oxygens (including phenoxy) is 1. The predicted octanol–water partition coefficient (Wildman–Crippen LogP) is 4.59. The molecule has 4 rings (SSSR count). The van der Waals surface area contributed by atoms with Crippen LogP contribution in [0.2, 0.25) is 0 Å². The number of nitrogens with zero attached hydrogens (tertiary/aromatic N) is 2. The summed E-state index contributed by atoms with van der Waals surface area (Å²) in [6.07, 6.45) is 0.809. The lowest BCUT2D eigenvalue weighted by atomic mass is 10.0. The molecule has 2 heterocycles. The predicted molar refractivity (Wildman–Crippen MR) is 131 cm³/mol. The van der Waals surface area contributed by atoms with Gasteiger partial charge in [0.2, 0.25) is 0 Å². The van der Waals surface area contributed by atoms with E-state index >= 15 is 0 Å². The van der Waals surface area contributed by atoms with E-state index in [0.717, 1.165) is 24.1 Å². The first kappa shape index (κ1) is 24.1. The fourth-order valence-corrected chi connectivity index (χ4v) is 4.86. The summed E-state index contributed by atoms with van der Waals surface area (Å²) in [7, 11) is 0. The van der Waals surface area contributed by atoms with Gasteiger partial charge in [0.1, 0.15) is 0 Å². The highest BCUT2D eigenvalue weighted by Gasteiger charge is 2.25. The summed E-state index contributed by atoms with van der Waals surface area (Å²) in [6.45, 7) is 4.60. The molecule has 1 N–H and O–H groups in total. The van der Waals surface area contributed by atoms with Gasteiger partial charge in [0, 0.05) is 46.9 Å². The maximum absolute atomic E-state index is 13.3. The molecule has 3 aromatic rings. The van der Waals surface area contributed by atoms with Gasteiger partial charge in [0.15, 0.2) is 0 Å². The fourth-order valence-electron chi connectivity index (χ4n) is 3.97. The first-order valence-electron chi connectivity index (χ1n) is 11.0. The van der Waals surface area contributed by atoms with E-state index in [1.54, 1.807) is 48.3 Å². The number of esters is 1. The van der Waals surface area contributed by atoms with Crippen molar-refractivity contribution in [1.29, 1.82) is 0 Å². The third-order valence-electron chi connectivity index (χ3n) is 5.81. The van der Waals surface area contributed by atoms with E-state index in [2.05, 4.69) is 5.32 Å². The molecule has 1 aromatic heterocycles. The highest BCUT2D eigenvalue weighted by Crippen LogP contribution is 2.27. The van der Waals surface area contributed by atoms with Gasteiger partial charge in [-0.1, -0.05) is 6.07 Å². The van der Waals surface area contributed by atoms with Crippen LogP contribution in [0.1, 0.15) is 54.0 Å². The molecule has 35 heavy (non-hydrogen) atoms. The van der Waals surface area contributed by atoms with Crippen LogP contribution in [0, 0.1) is 17.0 Å². The molecule has 0 atom stereocenters. The monoisotopic (exact) mass is 493 g/mol. The van der Waals surface area contributed by atoms with Crippen LogP contribution in [0.5, 0.6) is 0 Å². The van der Waals surface area contributed by atoms with Crippen molar-refractivity contribution >= 4 is 40.5 Å². The van der Waals surface area contributed by atoms with Crippen LogP contribution < -0.4 is 5.32 Å². The number of benzene rings is 2. The summed E-state index contributed by atoms with van der Waals surface area (Å²) in [5.41, 5.74) is 2.03. The lowest BCUT2D eigenvalue weighted by Gasteiger charge is -2.28. The molecular formula is C25H23N3O6S. The highest BCUT2D eigenvalue weighted by molar-refractivity contribution is 7.10. The first-order valence-corrected chi connectivity index (χ1v) is 11.9. The molecule has 1 aliphatic rings. The maximum atomic E-state index is 13.3. The Labute approximate surface area is 205 Å². The summed E-state index contributed by atoms with van der Waals surface area (Å²) in [5.74, 6) is -1.53. The molecule has 0 saturated carbocycles. The van der Waals surface area contributed by atoms with E-state index in [-0.39, 0.29) is 23.6 Å². The Balaban J connectivity index is 1.58. The third-order valence-corrected chi connectivity index (χ3v) is 6.83. The van der Waals surface area contributed by atoms with Gasteiger partial charge < -0.3 is 15.0 Å². The number of anilines is 1. The number of fused-ring (bicyclic) bond motifs is 1. The normalized spacial score (nSPS) is 12.6. The van der Waals surface area contributed by atoms with E-state index in [9.17, 15) is 24.5 Å². The molecule has 0 bridgehead atoms. The second kappa shape index (κ2) is 10.1. The van der Waals surface area contributed by atoms with Crippen molar-refractivity contribution in [3.05, 3.63) is 90.7 Å². The first-order chi connectivity index (χ1) is 16.8. The minimum absolute atomic E-state index is 0.0700. The maximum Gasteiger partial charge on any atom is 0.338 e. The molecule has 0 spiro atoms. The molecule has 9 nitrogen and oxygen atoms in total. The van der Waals surface area contributed by atoms with Crippen LogP contribution >= 0.6 is 11.3 Å². The minimum Gasteiger partial charge on any atom is -0.462 e. The number of nitro benzene ring substituents is 1. The number of thiophene rings is 1. The van der Waals surface area contributed by atoms with Gasteiger partial charge in [0.05, 0.1) is 17.1 Å². The number of non-ortho nitro benzene ring substituents is 1. The Hall–Kier alpha value is -4.05. The van der Waals surface area contributed by atoms with E-state index in [1.807, 2.05) is 11.4 Å². The zero-order valence-corrected chi connectivity index (χ0v) is 20.0. The SMILES string of the molecule is CCOC(=O)c1cc(C(=O)Nc2cccc(C(=O)N3CCc4sccc4C3)c2C)cc([N+](=O)[O-])c1. The van der Waals surface area contributed by atoms with Crippen molar-refractivity contribution in [2.75, 3.05) is 18.5 Å². The van der Waals surface area contributed by atoms with E-state index in [0.29, 0.717) is 29.9 Å². The number of hydrogen-bond donors (Lipinski definition) is 1. The molecular weight excluding hydrogens is 470 g/mol. The van der Waals surface area contributed by atoms with Gasteiger partial charge in [-0.15, -0.1) is 11.3 Å². The summed E-state index contributed by atoms with van der Waals surface area (Å²) in [4.78, 5) is 52.1. The molecule has 0 aliphatic carbocycles. The Morgan fingerprint density at radius 2 is 1.94 bits per heavy atom. The fraction of sp³-hybridized carbons (Fsp3) is 0.240. The standard InChI is InChI=1S/C25H23N3O6S/c1-3-34-25(31)18-11-17(12-19(13-18)28(32)33)23(29)26-21-6-4-5-20(15(21)2)24(30)27-9-7-22-16(14-27)8-10-35-22/h4-6,8,10-13H,3,7,9,14H2,1-2H3,(H,26,29). The number of carbonyl (C=O) groups is 3. The van der Waals surface area contributed by atoms with E-state index in [4.69, 9.17) is 4.74 Å². The molecule has 10 heteroatoms. The second-order valence-electron chi connectivity index (χ2n) is 8.02. The zero-order chi connectivity index (χ0) is 25.1. The van der Waals surface area contributed by atoms with Crippen molar-refractivity contribution < 1.29 is 24.0 Å². The Morgan fingerprint density at radius 3 is 2.69 bits per heavy atom. The molecule has 0 unspecified atom stereocenters. The van der Waals surface area contributed by atoms with Crippen molar-refractivity contribution in [1.82, 2.24) is 4.90 Å². The average molecular weight is 494 g/mol. The number of hydrogen-bond acceptors (Lipinski definition) is 7. The third kappa shape index (κ3) is 5.07. The average Bonchev–Trinajstić information content (AvgIpc) is 3.32. The molecule has 0 fully saturated rings. The molecule has 2 aromatic carbocycles. The Morgan fingerprint density at radius 1 is 1.17 bits per heavy atom. The van der Waals surface area contributed by atoms with Gasteiger partial charge in [-0.2, -0.15) is 0 Å².